The van der Waals surface area contributed by atoms with E-state index in [1.807, 2.05) is 6.07 Å². The zero-order chi connectivity index (χ0) is 11.2. The third-order valence-corrected chi connectivity index (χ3v) is 3.08. The molecule has 0 aromatic heterocycles. The summed E-state index contributed by atoms with van der Waals surface area (Å²) in [5.41, 5.74) is 1.19. The van der Waals surface area contributed by atoms with E-state index in [2.05, 4.69) is 30.4 Å². The molecule has 88 valence electrons. The van der Waals surface area contributed by atoms with Gasteiger partial charge in [-0.3, -0.25) is 0 Å². The number of hydrogen-bond acceptors (Lipinski definition) is 2. The molecule has 0 spiro atoms. The van der Waals surface area contributed by atoms with Gasteiger partial charge in [-0.2, -0.15) is 0 Å². The second-order valence-corrected chi connectivity index (χ2v) is 4.50. The average molecular weight is 219 g/mol. The van der Waals surface area contributed by atoms with Crippen molar-refractivity contribution in [2.45, 2.75) is 45.1 Å². The molecule has 16 heavy (non-hydrogen) atoms. The normalized spacial score (nSPS) is 15.6. The summed E-state index contributed by atoms with van der Waals surface area (Å²) in [6.07, 6.45) is 6.28. The van der Waals surface area contributed by atoms with E-state index in [-0.39, 0.29) is 0 Å². The molecule has 1 aliphatic rings. The van der Waals surface area contributed by atoms with Crippen LogP contribution in [-0.2, 0) is 0 Å². The first-order valence-electron chi connectivity index (χ1n) is 6.38. The molecule has 1 aromatic rings. The number of hydrogen-bond donors (Lipinski definition) is 1. The second kappa shape index (κ2) is 5.78. The third kappa shape index (κ3) is 3.16. The molecular weight excluding hydrogens is 198 g/mol. The van der Waals surface area contributed by atoms with E-state index in [9.17, 15) is 0 Å². The lowest BCUT2D eigenvalue weighted by molar-refractivity contribution is 0.309. The molecule has 2 heteroatoms. The zero-order valence-corrected chi connectivity index (χ0v) is 10.0. The maximum absolute atomic E-state index is 5.68. The summed E-state index contributed by atoms with van der Waals surface area (Å²) in [6.45, 7) is 3.00. The van der Waals surface area contributed by atoms with Gasteiger partial charge >= 0.3 is 0 Å². The van der Waals surface area contributed by atoms with Crippen molar-refractivity contribution in [1.29, 1.82) is 0 Å². The van der Waals surface area contributed by atoms with E-state index in [0.29, 0.717) is 6.04 Å². The third-order valence-electron chi connectivity index (χ3n) is 3.08. The quantitative estimate of drug-likeness (QED) is 0.734. The van der Waals surface area contributed by atoms with Crippen molar-refractivity contribution < 1.29 is 4.74 Å². The van der Waals surface area contributed by atoms with E-state index < -0.39 is 0 Å². The summed E-state index contributed by atoms with van der Waals surface area (Å²) in [4.78, 5) is 0. The molecule has 0 amide bonds. The van der Waals surface area contributed by atoms with E-state index in [0.717, 1.165) is 18.8 Å². The molecule has 1 aliphatic carbocycles. The molecule has 0 atom stereocenters. The Bertz CT molecular complexity index is 320. The van der Waals surface area contributed by atoms with E-state index >= 15 is 0 Å². The van der Waals surface area contributed by atoms with Crippen molar-refractivity contribution >= 4 is 5.69 Å². The van der Waals surface area contributed by atoms with Crippen LogP contribution < -0.4 is 10.1 Å². The van der Waals surface area contributed by atoms with Crippen LogP contribution >= 0.6 is 0 Å². The van der Waals surface area contributed by atoms with Gasteiger partial charge in [0.2, 0.25) is 0 Å². The molecule has 0 radical (unpaired) electrons. The molecule has 0 aliphatic heterocycles. The summed E-state index contributed by atoms with van der Waals surface area (Å²) >= 11 is 0. The van der Waals surface area contributed by atoms with Crippen LogP contribution in [0.3, 0.4) is 0 Å². The van der Waals surface area contributed by atoms with Crippen LogP contribution in [0.5, 0.6) is 5.75 Å². The molecule has 0 heterocycles. The average Bonchev–Trinajstić information content (AvgIpc) is 2.25. The van der Waals surface area contributed by atoms with Crippen molar-refractivity contribution in [2.24, 2.45) is 0 Å². The van der Waals surface area contributed by atoms with Gasteiger partial charge < -0.3 is 10.1 Å². The Hall–Kier alpha value is -1.18. The van der Waals surface area contributed by atoms with Crippen LogP contribution in [-0.4, -0.2) is 12.6 Å². The Morgan fingerprint density at radius 1 is 1.38 bits per heavy atom. The number of anilines is 1. The van der Waals surface area contributed by atoms with Gasteiger partial charge in [-0.15, -0.1) is 0 Å². The lowest BCUT2D eigenvalue weighted by atomic mass is 9.93. The molecule has 2 nitrogen and oxygen atoms in total. The minimum absolute atomic E-state index is 0.686. The largest absolute Gasteiger partial charge is 0.494 e. The fourth-order valence-electron chi connectivity index (χ4n) is 1.80. The van der Waals surface area contributed by atoms with Crippen molar-refractivity contribution in [2.75, 3.05) is 11.9 Å². The van der Waals surface area contributed by atoms with Crippen molar-refractivity contribution in [3.8, 4) is 5.75 Å². The Morgan fingerprint density at radius 2 is 2.25 bits per heavy atom. The van der Waals surface area contributed by atoms with Crippen molar-refractivity contribution in [1.82, 2.24) is 0 Å². The van der Waals surface area contributed by atoms with Crippen LogP contribution in [0.1, 0.15) is 39.0 Å². The topological polar surface area (TPSA) is 21.3 Å². The first kappa shape index (κ1) is 11.3. The molecule has 1 aromatic carbocycles. The highest BCUT2D eigenvalue weighted by Gasteiger charge is 2.16. The van der Waals surface area contributed by atoms with Crippen LogP contribution in [0.25, 0.3) is 0 Å². The van der Waals surface area contributed by atoms with Gasteiger partial charge in [-0.1, -0.05) is 19.4 Å². The van der Waals surface area contributed by atoms with Gasteiger partial charge in [0, 0.05) is 17.8 Å². The molecule has 1 saturated carbocycles. The lowest BCUT2D eigenvalue weighted by Crippen LogP contribution is -2.26. The summed E-state index contributed by atoms with van der Waals surface area (Å²) < 4.78 is 5.68. The highest BCUT2D eigenvalue weighted by atomic mass is 16.5. The molecule has 0 saturated heterocycles. The van der Waals surface area contributed by atoms with Crippen LogP contribution in [0.2, 0.25) is 0 Å². The van der Waals surface area contributed by atoms with Crippen LogP contribution in [0, 0.1) is 0 Å². The number of nitrogens with one attached hydrogen (secondary N) is 1. The van der Waals surface area contributed by atoms with E-state index in [1.54, 1.807) is 0 Å². The molecular formula is C14H21NO. The van der Waals surface area contributed by atoms with Gasteiger partial charge in [-0.25, -0.2) is 0 Å². The maximum Gasteiger partial charge on any atom is 0.121 e. The van der Waals surface area contributed by atoms with Gasteiger partial charge in [0.05, 0.1) is 6.61 Å². The highest BCUT2D eigenvalue weighted by molar-refractivity contribution is 5.49. The highest BCUT2D eigenvalue weighted by Crippen LogP contribution is 2.25. The molecule has 0 bridgehead atoms. The van der Waals surface area contributed by atoms with Gasteiger partial charge in [0.15, 0.2) is 0 Å². The van der Waals surface area contributed by atoms with Crippen molar-refractivity contribution in [3.63, 3.8) is 0 Å². The SMILES string of the molecule is CCCCOc1cccc(NC2CCC2)c1. The molecule has 2 rings (SSSR count). The number of rotatable bonds is 6. The maximum atomic E-state index is 5.68. The summed E-state index contributed by atoms with van der Waals surface area (Å²) in [6, 6.07) is 8.99. The Kier molecular flexibility index (Phi) is 4.09. The molecule has 1 N–H and O–H groups in total. The Balaban J connectivity index is 1.85. The standard InChI is InChI=1S/C14H21NO/c1-2-3-10-16-14-9-5-8-13(11-14)15-12-6-4-7-12/h5,8-9,11-12,15H,2-4,6-7,10H2,1H3. The van der Waals surface area contributed by atoms with Gasteiger partial charge in [0.25, 0.3) is 0 Å². The summed E-state index contributed by atoms with van der Waals surface area (Å²) in [7, 11) is 0. The van der Waals surface area contributed by atoms with Gasteiger partial charge in [-0.05, 0) is 37.8 Å². The monoisotopic (exact) mass is 219 g/mol. The summed E-state index contributed by atoms with van der Waals surface area (Å²) in [5, 5.41) is 3.53. The molecule has 1 fully saturated rings. The van der Waals surface area contributed by atoms with Crippen LogP contribution in [0.4, 0.5) is 5.69 Å². The van der Waals surface area contributed by atoms with E-state index in [1.165, 1.54) is 31.4 Å². The second-order valence-electron chi connectivity index (χ2n) is 4.50. The predicted octanol–water partition coefficient (Wildman–Crippen LogP) is 3.83. The zero-order valence-electron chi connectivity index (χ0n) is 10.0. The summed E-state index contributed by atoms with van der Waals surface area (Å²) in [5.74, 6) is 0.984. The van der Waals surface area contributed by atoms with Gasteiger partial charge in [0.1, 0.15) is 5.75 Å². The Labute approximate surface area is 98.0 Å². The fraction of sp³-hybridized carbons (Fsp3) is 0.571. The Morgan fingerprint density at radius 3 is 2.94 bits per heavy atom. The van der Waals surface area contributed by atoms with Crippen molar-refractivity contribution in [3.05, 3.63) is 24.3 Å². The lowest BCUT2D eigenvalue weighted by Gasteiger charge is -2.27. The number of benzene rings is 1. The smallest absolute Gasteiger partial charge is 0.121 e. The van der Waals surface area contributed by atoms with Crippen LogP contribution in [0.15, 0.2) is 24.3 Å². The number of unbranched alkanes of at least 4 members (excludes halogenated alkanes) is 1. The number of ether oxygens (including phenoxy) is 1. The molecule has 0 unspecified atom stereocenters. The first-order chi connectivity index (χ1) is 7.88. The predicted molar refractivity (Wildman–Crippen MR) is 68.1 cm³/mol. The fourth-order valence-corrected chi connectivity index (χ4v) is 1.80. The minimum atomic E-state index is 0.686. The first-order valence-corrected chi connectivity index (χ1v) is 6.38. The van der Waals surface area contributed by atoms with E-state index in [4.69, 9.17) is 4.74 Å². The minimum Gasteiger partial charge on any atom is -0.494 e.